The number of aryl methyl sites for hydroxylation is 1. The molecule has 0 spiro atoms. The number of nitrogens with zero attached hydrogens (tertiary/aromatic N) is 6. The van der Waals surface area contributed by atoms with Gasteiger partial charge in [-0.2, -0.15) is 0 Å². The van der Waals surface area contributed by atoms with Crippen LogP contribution in [0.15, 0.2) is 47.9 Å². The molecule has 2 aromatic heterocycles. The Labute approximate surface area is 132 Å². The Bertz CT molecular complexity index is 801. The normalized spacial score (nSPS) is 14.0. The summed E-state index contributed by atoms with van der Waals surface area (Å²) in [5.74, 6) is 2.39. The first-order valence-electron chi connectivity index (χ1n) is 6.97. The van der Waals surface area contributed by atoms with Gasteiger partial charge in [-0.05, 0) is 18.6 Å². The van der Waals surface area contributed by atoms with Crippen molar-refractivity contribution in [2.45, 2.75) is 18.7 Å². The number of hydrogen-bond donors (Lipinski definition) is 0. The van der Waals surface area contributed by atoms with Crippen molar-refractivity contribution in [3.8, 4) is 11.4 Å². The van der Waals surface area contributed by atoms with Crippen molar-refractivity contribution < 1.29 is 0 Å². The molecule has 22 heavy (non-hydrogen) atoms. The predicted octanol–water partition coefficient (Wildman–Crippen LogP) is 2.57. The van der Waals surface area contributed by atoms with Crippen LogP contribution >= 0.6 is 11.8 Å². The zero-order chi connectivity index (χ0) is 14.9. The molecule has 0 atom stereocenters. The van der Waals surface area contributed by atoms with Crippen molar-refractivity contribution in [1.29, 1.82) is 0 Å². The Morgan fingerprint density at radius 3 is 2.68 bits per heavy atom. The molecule has 1 aliphatic heterocycles. The standard InChI is InChI=1S/C15H14N6S/c1-11-5-2-3-6-12(11)13-18-19-15-21(13)9-20(10-22-15)14-16-7-4-8-17-14/h2-8H,9-10H2,1H3. The van der Waals surface area contributed by atoms with Gasteiger partial charge in [0, 0.05) is 18.0 Å². The molecule has 4 rings (SSSR count). The average Bonchev–Trinajstić information content (AvgIpc) is 2.99. The van der Waals surface area contributed by atoms with Gasteiger partial charge in [0.1, 0.15) is 6.67 Å². The van der Waals surface area contributed by atoms with Gasteiger partial charge >= 0.3 is 0 Å². The third-order valence-corrected chi connectivity index (χ3v) is 4.60. The van der Waals surface area contributed by atoms with Crippen LogP contribution in [-0.2, 0) is 6.67 Å². The van der Waals surface area contributed by atoms with E-state index in [9.17, 15) is 0 Å². The van der Waals surface area contributed by atoms with Crippen LogP contribution < -0.4 is 4.90 Å². The second-order valence-corrected chi connectivity index (χ2v) is 5.96. The Balaban J connectivity index is 1.73. The fourth-order valence-corrected chi connectivity index (χ4v) is 3.34. The van der Waals surface area contributed by atoms with E-state index in [-0.39, 0.29) is 0 Å². The molecule has 0 unspecified atom stereocenters. The van der Waals surface area contributed by atoms with Gasteiger partial charge in [0.05, 0.1) is 5.88 Å². The Morgan fingerprint density at radius 2 is 1.86 bits per heavy atom. The lowest BCUT2D eigenvalue weighted by Gasteiger charge is -2.27. The maximum absolute atomic E-state index is 4.38. The van der Waals surface area contributed by atoms with Crippen LogP contribution in [-0.4, -0.2) is 30.6 Å². The van der Waals surface area contributed by atoms with E-state index in [4.69, 9.17) is 0 Å². The molecule has 0 saturated heterocycles. The molecule has 6 nitrogen and oxygen atoms in total. The molecule has 3 aromatic rings. The van der Waals surface area contributed by atoms with Crippen molar-refractivity contribution in [2.75, 3.05) is 10.8 Å². The molecular formula is C15H14N6S. The van der Waals surface area contributed by atoms with Crippen LogP contribution in [0.1, 0.15) is 5.56 Å². The number of rotatable bonds is 2. The molecule has 110 valence electrons. The second kappa shape index (κ2) is 5.42. The molecule has 0 radical (unpaired) electrons. The van der Waals surface area contributed by atoms with Crippen LogP contribution in [0, 0.1) is 6.92 Å². The fraction of sp³-hybridized carbons (Fsp3) is 0.200. The summed E-state index contributed by atoms with van der Waals surface area (Å²) in [6.07, 6.45) is 3.52. The van der Waals surface area contributed by atoms with Gasteiger partial charge in [-0.15, -0.1) is 10.2 Å². The van der Waals surface area contributed by atoms with Gasteiger partial charge in [-0.25, -0.2) is 9.97 Å². The maximum Gasteiger partial charge on any atom is 0.227 e. The number of benzene rings is 1. The molecule has 0 saturated carbocycles. The molecule has 1 aliphatic rings. The molecule has 1 aromatic carbocycles. The van der Waals surface area contributed by atoms with E-state index in [1.807, 2.05) is 18.2 Å². The Hall–Kier alpha value is -2.41. The summed E-state index contributed by atoms with van der Waals surface area (Å²) in [5.41, 5.74) is 2.30. The fourth-order valence-electron chi connectivity index (χ4n) is 2.47. The zero-order valence-electron chi connectivity index (χ0n) is 12.0. The molecule has 0 amide bonds. The van der Waals surface area contributed by atoms with Crippen molar-refractivity contribution >= 4 is 17.7 Å². The van der Waals surface area contributed by atoms with Crippen LogP contribution in [0.4, 0.5) is 5.95 Å². The summed E-state index contributed by atoms with van der Waals surface area (Å²) in [6, 6.07) is 10.0. The first kappa shape index (κ1) is 13.3. The third kappa shape index (κ3) is 2.23. The highest BCUT2D eigenvalue weighted by atomic mass is 32.2. The van der Waals surface area contributed by atoms with Crippen LogP contribution in [0.2, 0.25) is 0 Å². The minimum Gasteiger partial charge on any atom is -0.313 e. The first-order chi connectivity index (χ1) is 10.8. The third-order valence-electron chi connectivity index (χ3n) is 3.60. The van der Waals surface area contributed by atoms with E-state index >= 15 is 0 Å². The first-order valence-corrected chi connectivity index (χ1v) is 7.95. The maximum atomic E-state index is 4.38. The summed E-state index contributed by atoms with van der Waals surface area (Å²) in [6.45, 7) is 2.74. The van der Waals surface area contributed by atoms with Gasteiger partial charge in [-0.3, -0.25) is 4.57 Å². The topological polar surface area (TPSA) is 59.7 Å². The lowest BCUT2D eigenvalue weighted by Crippen LogP contribution is -2.31. The highest BCUT2D eigenvalue weighted by Gasteiger charge is 2.24. The van der Waals surface area contributed by atoms with Crippen LogP contribution in [0.3, 0.4) is 0 Å². The minimum absolute atomic E-state index is 0.656. The SMILES string of the molecule is Cc1ccccc1-c1nnc2n1CN(c1ncccn1)CS2. The van der Waals surface area contributed by atoms with E-state index in [2.05, 4.69) is 48.7 Å². The van der Waals surface area contributed by atoms with Gasteiger partial charge in [-0.1, -0.05) is 36.0 Å². The van der Waals surface area contributed by atoms with E-state index < -0.39 is 0 Å². The average molecular weight is 310 g/mol. The van der Waals surface area contributed by atoms with Gasteiger partial charge in [0.2, 0.25) is 5.95 Å². The lowest BCUT2D eigenvalue weighted by atomic mass is 10.1. The number of anilines is 1. The highest BCUT2D eigenvalue weighted by molar-refractivity contribution is 7.99. The highest BCUT2D eigenvalue weighted by Crippen LogP contribution is 2.31. The molecular weight excluding hydrogens is 296 g/mol. The van der Waals surface area contributed by atoms with E-state index in [1.165, 1.54) is 5.56 Å². The summed E-state index contributed by atoms with van der Waals surface area (Å²) < 4.78 is 2.12. The molecule has 0 aliphatic carbocycles. The second-order valence-electron chi connectivity index (χ2n) is 5.05. The van der Waals surface area contributed by atoms with Crippen molar-refractivity contribution in [2.24, 2.45) is 0 Å². The number of hydrogen-bond acceptors (Lipinski definition) is 6. The van der Waals surface area contributed by atoms with Gasteiger partial charge in [0.25, 0.3) is 0 Å². The van der Waals surface area contributed by atoms with E-state index in [0.29, 0.717) is 6.67 Å². The quantitative estimate of drug-likeness (QED) is 0.725. The predicted molar refractivity (Wildman–Crippen MR) is 85.4 cm³/mol. The monoisotopic (exact) mass is 310 g/mol. The van der Waals surface area contributed by atoms with E-state index in [1.54, 1.807) is 24.2 Å². The van der Waals surface area contributed by atoms with Crippen LogP contribution in [0.5, 0.6) is 0 Å². The number of aromatic nitrogens is 5. The zero-order valence-corrected chi connectivity index (χ0v) is 12.9. The Morgan fingerprint density at radius 1 is 1.05 bits per heavy atom. The Kier molecular flexibility index (Phi) is 3.27. The van der Waals surface area contributed by atoms with Crippen molar-refractivity contribution in [3.63, 3.8) is 0 Å². The molecule has 0 fully saturated rings. The minimum atomic E-state index is 0.656. The molecule has 3 heterocycles. The van der Waals surface area contributed by atoms with E-state index in [0.717, 1.165) is 28.4 Å². The molecule has 7 heteroatoms. The summed E-state index contributed by atoms with van der Waals surface area (Å²) in [4.78, 5) is 10.8. The number of thioether (sulfide) groups is 1. The van der Waals surface area contributed by atoms with Crippen molar-refractivity contribution in [3.05, 3.63) is 48.3 Å². The van der Waals surface area contributed by atoms with Crippen molar-refractivity contribution in [1.82, 2.24) is 24.7 Å². The summed E-state index contributed by atoms with van der Waals surface area (Å²) in [7, 11) is 0. The summed E-state index contributed by atoms with van der Waals surface area (Å²) >= 11 is 1.65. The smallest absolute Gasteiger partial charge is 0.227 e. The molecule has 0 bridgehead atoms. The van der Waals surface area contributed by atoms with Gasteiger partial charge < -0.3 is 4.90 Å². The lowest BCUT2D eigenvalue weighted by molar-refractivity contribution is 0.597. The molecule has 0 N–H and O–H groups in total. The van der Waals surface area contributed by atoms with Gasteiger partial charge in [0.15, 0.2) is 11.0 Å². The largest absolute Gasteiger partial charge is 0.313 e. The van der Waals surface area contributed by atoms with Crippen LogP contribution in [0.25, 0.3) is 11.4 Å². The summed E-state index contributed by atoms with van der Waals surface area (Å²) in [5, 5.41) is 9.63. The number of fused-ring (bicyclic) bond motifs is 1.